The molecule has 106 heavy (non-hydrogen) atoms. The number of carbonyl (C=O) groups excluding carboxylic acids is 2. The average molecular weight is 1500 g/mol. The molecule has 0 rings (SSSR count). The number of unbranched alkanes of at least 4 members (excludes halogenated alkanes) is 44. The van der Waals surface area contributed by atoms with Crippen LogP contribution in [0.3, 0.4) is 0 Å². The van der Waals surface area contributed by atoms with Crippen molar-refractivity contribution in [2.24, 2.45) is 0 Å². The van der Waals surface area contributed by atoms with Gasteiger partial charge >= 0.3 is 11.9 Å². The van der Waals surface area contributed by atoms with Gasteiger partial charge in [-0.3, -0.25) is 14.2 Å². The predicted octanol–water partition coefficient (Wildman–Crippen LogP) is 29.8. The molecule has 0 aromatic rings. The van der Waals surface area contributed by atoms with Crippen LogP contribution in [0.4, 0.5) is 0 Å². The Balaban J connectivity index is 3.89. The van der Waals surface area contributed by atoms with Gasteiger partial charge in [0.2, 0.25) is 0 Å². The van der Waals surface area contributed by atoms with Gasteiger partial charge in [-0.05, 0) is 116 Å². The summed E-state index contributed by atoms with van der Waals surface area (Å²) in [6.45, 7) is 4.06. The Bertz CT molecular complexity index is 2310. The summed E-state index contributed by atoms with van der Waals surface area (Å²) < 4.78 is 34.5. The Morgan fingerprint density at radius 2 is 0.509 bits per heavy atom. The summed E-state index contributed by atoms with van der Waals surface area (Å²) in [5, 5.41) is 0. The van der Waals surface area contributed by atoms with Crippen molar-refractivity contribution in [3.8, 4) is 0 Å². The number of carbonyl (C=O) groups is 2. The zero-order chi connectivity index (χ0) is 76.8. The molecule has 0 radical (unpaired) electrons. The fourth-order valence-electron chi connectivity index (χ4n) is 12.7. The lowest BCUT2D eigenvalue weighted by atomic mass is 10.0. The van der Waals surface area contributed by atoms with Crippen LogP contribution >= 0.6 is 7.82 Å². The molecule has 0 aliphatic rings. The smallest absolute Gasteiger partial charge is 0.306 e. The molecular formula is C96H168NO8P. The molecule has 0 saturated carbocycles. The highest BCUT2D eigenvalue weighted by molar-refractivity contribution is 7.45. The van der Waals surface area contributed by atoms with Crippen LogP contribution in [0.15, 0.2) is 146 Å². The van der Waals surface area contributed by atoms with Crippen LogP contribution in [0.1, 0.15) is 399 Å². The Labute approximate surface area is 656 Å². The summed E-state index contributed by atoms with van der Waals surface area (Å²) >= 11 is 0. The van der Waals surface area contributed by atoms with Crippen molar-refractivity contribution in [3.63, 3.8) is 0 Å². The lowest BCUT2D eigenvalue weighted by Gasteiger charge is -2.28. The second kappa shape index (κ2) is 84.9. The standard InChI is InChI=1S/C96H168NO8P/c1-6-8-10-12-14-16-18-20-22-24-26-28-30-32-34-36-38-40-42-44-46-48-50-52-54-56-58-60-62-64-66-68-70-72-74-76-78-80-82-84-86-88-95(98)102-92-94(93-104-106(100,101)103-91-90-97(3,4)5)105-96(99)89-87-85-83-81-79-77-75-73-71-69-67-65-63-61-59-57-55-53-51-49-47-45-43-41-39-37-35-33-31-29-27-25-23-21-19-17-15-13-11-9-7-2/h8-11,14-17,20-23,26-29,32-35,39,41,45,47,94H,6-7,12-13,18-19,24-25,30-31,36-38,40,42-44,46,48-93H2,1-5H3/b10-8-,11-9-,16-14-,17-15-,22-20-,23-21-,28-26-,29-27-,34-32-,35-33-,41-39-,47-45-. The first kappa shape index (κ1) is 102. The molecule has 0 heterocycles. The van der Waals surface area contributed by atoms with Crippen molar-refractivity contribution in [3.05, 3.63) is 146 Å². The number of phosphoric ester groups is 1. The first-order chi connectivity index (χ1) is 52.0. The summed E-state index contributed by atoms with van der Waals surface area (Å²) in [4.78, 5) is 38.3. The Morgan fingerprint density at radius 1 is 0.292 bits per heavy atom. The topological polar surface area (TPSA) is 111 Å². The zero-order valence-electron chi connectivity index (χ0n) is 69.8. The fourth-order valence-corrected chi connectivity index (χ4v) is 13.4. The van der Waals surface area contributed by atoms with E-state index in [9.17, 15) is 19.0 Å². The van der Waals surface area contributed by atoms with E-state index in [4.69, 9.17) is 18.5 Å². The van der Waals surface area contributed by atoms with Crippen LogP contribution in [0, 0.1) is 0 Å². The molecule has 2 atom stereocenters. The quantitative estimate of drug-likeness (QED) is 0.0195. The summed E-state index contributed by atoms with van der Waals surface area (Å²) in [5.74, 6) is -0.817. The van der Waals surface area contributed by atoms with Crippen LogP contribution < -0.4 is 4.89 Å². The fraction of sp³-hybridized carbons (Fsp3) is 0.729. The molecule has 0 saturated heterocycles. The van der Waals surface area contributed by atoms with E-state index >= 15 is 0 Å². The number of nitrogens with zero attached hydrogens (tertiary/aromatic N) is 1. The lowest BCUT2D eigenvalue weighted by molar-refractivity contribution is -0.870. The van der Waals surface area contributed by atoms with Gasteiger partial charge in [-0.25, -0.2) is 0 Å². The van der Waals surface area contributed by atoms with Gasteiger partial charge in [0.1, 0.15) is 19.8 Å². The first-order valence-electron chi connectivity index (χ1n) is 44.5. The van der Waals surface area contributed by atoms with Crippen molar-refractivity contribution in [2.45, 2.75) is 405 Å². The van der Waals surface area contributed by atoms with Crippen molar-refractivity contribution < 1.29 is 42.1 Å². The maximum atomic E-state index is 12.9. The van der Waals surface area contributed by atoms with Gasteiger partial charge in [-0.15, -0.1) is 0 Å². The number of quaternary nitrogens is 1. The molecule has 0 fully saturated rings. The molecule has 9 nitrogen and oxygen atoms in total. The number of ether oxygens (including phenoxy) is 2. The molecule has 10 heteroatoms. The molecule has 610 valence electrons. The number of likely N-dealkylation sites (N-methyl/N-ethyl adjacent to an activating group) is 1. The Morgan fingerprint density at radius 3 is 0.755 bits per heavy atom. The number of esters is 2. The van der Waals surface area contributed by atoms with E-state index in [0.717, 1.165) is 116 Å². The predicted molar refractivity (Wildman–Crippen MR) is 461 cm³/mol. The number of rotatable bonds is 82. The number of allylic oxidation sites excluding steroid dienone is 24. The molecule has 0 bridgehead atoms. The van der Waals surface area contributed by atoms with Crippen molar-refractivity contribution in [1.29, 1.82) is 0 Å². The van der Waals surface area contributed by atoms with E-state index in [2.05, 4.69) is 160 Å². The van der Waals surface area contributed by atoms with Crippen molar-refractivity contribution in [1.82, 2.24) is 0 Å². The van der Waals surface area contributed by atoms with E-state index < -0.39 is 26.5 Å². The lowest BCUT2D eigenvalue weighted by Crippen LogP contribution is -2.37. The van der Waals surface area contributed by atoms with E-state index in [-0.39, 0.29) is 32.0 Å². The first-order valence-corrected chi connectivity index (χ1v) is 46.0. The zero-order valence-corrected chi connectivity index (χ0v) is 70.7. The van der Waals surface area contributed by atoms with Gasteiger partial charge in [0, 0.05) is 12.8 Å². The molecule has 0 N–H and O–H groups in total. The Kier molecular flexibility index (Phi) is 81.6. The summed E-state index contributed by atoms with van der Waals surface area (Å²) in [6, 6.07) is 0. The van der Waals surface area contributed by atoms with Crippen LogP contribution in [0.5, 0.6) is 0 Å². The minimum Gasteiger partial charge on any atom is -0.756 e. The SMILES string of the molecule is CC/C=C\C/C=C\C/C=C\C/C=C\C/C=C\C/C=C\C/C=C\CCCCCCCCCCCCCCCCCCCCCC(=O)OC(COC(=O)CCCCCCCCCCCCCCCCCCCCCCCCCCC/C=C\C/C=C\C/C=C\C/C=C\C/C=C\CC)COP(=O)([O-])OCC[N+](C)(C)C. The van der Waals surface area contributed by atoms with E-state index in [1.807, 2.05) is 21.1 Å². The summed E-state index contributed by atoms with van der Waals surface area (Å²) in [7, 11) is 1.18. The van der Waals surface area contributed by atoms with E-state index in [1.54, 1.807) is 0 Å². The van der Waals surface area contributed by atoms with Gasteiger partial charge in [0.15, 0.2) is 6.10 Å². The average Bonchev–Trinajstić information content (AvgIpc) is 0.908. The summed E-state index contributed by atoms with van der Waals surface area (Å²) in [5.41, 5.74) is 0. The Hall–Kier alpha value is -4.11. The highest BCUT2D eigenvalue weighted by Gasteiger charge is 2.22. The molecule has 0 spiro atoms. The molecular weight excluding hydrogens is 1330 g/mol. The molecule has 0 aliphatic heterocycles. The van der Waals surface area contributed by atoms with Gasteiger partial charge in [-0.2, -0.15) is 0 Å². The van der Waals surface area contributed by atoms with Gasteiger partial charge < -0.3 is 27.9 Å². The largest absolute Gasteiger partial charge is 0.756 e. The van der Waals surface area contributed by atoms with Crippen LogP contribution in [0.25, 0.3) is 0 Å². The minimum atomic E-state index is -4.65. The molecule has 2 unspecified atom stereocenters. The number of hydrogen-bond acceptors (Lipinski definition) is 8. The van der Waals surface area contributed by atoms with Gasteiger partial charge in [0.05, 0.1) is 27.7 Å². The third kappa shape index (κ3) is 88.8. The highest BCUT2D eigenvalue weighted by atomic mass is 31.2. The van der Waals surface area contributed by atoms with Crippen LogP contribution in [-0.2, 0) is 32.7 Å². The van der Waals surface area contributed by atoms with Crippen LogP contribution in [-0.4, -0.2) is 70.0 Å². The highest BCUT2D eigenvalue weighted by Crippen LogP contribution is 2.38. The van der Waals surface area contributed by atoms with Crippen LogP contribution in [0.2, 0.25) is 0 Å². The second-order valence-electron chi connectivity index (χ2n) is 30.8. The minimum absolute atomic E-state index is 0.0320. The monoisotopic (exact) mass is 1490 g/mol. The maximum Gasteiger partial charge on any atom is 0.306 e. The van der Waals surface area contributed by atoms with E-state index in [1.165, 1.54) is 250 Å². The normalized spacial score (nSPS) is 13.7. The van der Waals surface area contributed by atoms with Gasteiger partial charge in [0.25, 0.3) is 7.82 Å². The van der Waals surface area contributed by atoms with Crippen molar-refractivity contribution in [2.75, 3.05) is 47.5 Å². The molecule has 0 aromatic carbocycles. The van der Waals surface area contributed by atoms with Gasteiger partial charge in [-0.1, -0.05) is 417 Å². The maximum absolute atomic E-state index is 12.9. The number of phosphoric acid groups is 1. The molecule has 0 aliphatic carbocycles. The van der Waals surface area contributed by atoms with E-state index in [0.29, 0.717) is 17.4 Å². The third-order valence-electron chi connectivity index (χ3n) is 19.4. The third-order valence-corrected chi connectivity index (χ3v) is 20.3. The molecule has 0 amide bonds. The molecule has 0 aromatic heterocycles. The number of hydrogen-bond donors (Lipinski definition) is 0. The van der Waals surface area contributed by atoms with Crippen molar-refractivity contribution >= 4 is 19.8 Å². The second-order valence-corrected chi connectivity index (χ2v) is 32.3. The summed E-state index contributed by atoms with van der Waals surface area (Å²) in [6.07, 6.45) is 126.